The Morgan fingerprint density at radius 3 is 2.40 bits per heavy atom. The van der Waals surface area contributed by atoms with Crippen molar-refractivity contribution in [2.45, 2.75) is 39.8 Å². The van der Waals surface area contributed by atoms with Gasteiger partial charge >= 0.3 is 0 Å². The van der Waals surface area contributed by atoms with Gasteiger partial charge in [-0.2, -0.15) is 0 Å². The van der Waals surface area contributed by atoms with Crippen molar-refractivity contribution in [1.29, 1.82) is 0 Å². The topological polar surface area (TPSA) is 58.6 Å². The van der Waals surface area contributed by atoms with Crippen LogP contribution < -0.4 is 10.1 Å². The van der Waals surface area contributed by atoms with Gasteiger partial charge in [0.25, 0.3) is 0 Å². The molecule has 1 N–H and O–H groups in total. The standard InChI is InChI=1S/C23H28Cl2N2O3/c1-15(2)13-26-23(29)16(3)27(14-18-6-5-7-19(10-18)30-4)22(28)12-17-8-9-20(24)21(25)11-17/h5-11,15-16H,12-14H2,1-4H3,(H,26,29)/t16-/m1/s1. The Balaban J connectivity index is 2.24. The Bertz CT molecular complexity index is 887. The fourth-order valence-corrected chi connectivity index (χ4v) is 3.25. The molecule has 1 atom stereocenters. The van der Waals surface area contributed by atoms with Gasteiger partial charge in [-0.25, -0.2) is 0 Å². The van der Waals surface area contributed by atoms with E-state index in [0.29, 0.717) is 28.3 Å². The van der Waals surface area contributed by atoms with E-state index in [-0.39, 0.29) is 24.8 Å². The summed E-state index contributed by atoms with van der Waals surface area (Å²) in [4.78, 5) is 27.5. The summed E-state index contributed by atoms with van der Waals surface area (Å²) in [6.45, 7) is 6.62. The van der Waals surface area contributed by atoms with Crippen LogP contribution in [0.5, 0.6) is 5.75 Å². The number of carbonyl (C=O) groups excluding carboxylic acids is 2. The van der Waals surface area contributed by atoms with Crippen LogP contribution in [0.3, 0.4) is 0 Å². The predicted molar refractivity (Wildman–Crippen MR) is 121 cm³/mol. The number of rotatable bonds is 9. The Morgan fingerprint density at radius 2 is 1.77 bits per heavy atom. The average Bonchev–Trinajstić information content (AvgIpc) is 2.72. The van der Waals surface area contributed by atoms with Gasteiger partial charge in [-0.15, -0.1) is 0 Å². The molecule has 0 spiro atoms. The minimum absolute atomic E-state index is 0.114. The van der Waals surface area contributed by atoms with Gasteiger partial charge in [0.05, 0.1) is 23.6 Å². The second-order valence-corrected chi connectivity index (χ2v) is 8.43. The Labute approximate surface area is 188 Å². The lowest BCUT2D eigenvalue weighted by atomic mass is 10.1. The molecule has 0 aliphatic rings. The molecule has 2 aromatic carbocycles. The second kappa shape index (κ2) is 11.2. The first-order valence-corrected chi connectivity index (χ1v) is 10.6. The van der Waals surface area contributed by atoms with Crippen LogP contribution in [0.15, 0.2) is 42.5 Å². The molecule has 0 saturated carbocycles. The van der Waals surface area contributed by atoms with E-state index in [9.17, 15) is 9.59 Å². The molecule has 30 heavy (non-hydrogen) atoms. The largest absolute Gasteiger partial charge is 0.497 e. The highest BCUT2D eigenvalue weighted by Gasteiger charge is 2.26. The van der Waals surface area contributed by atoms with Crippen molar-refractivity contribution in [3.05, 3.63) is 63.6 Å². The highest BCUT2D eigenvalue weighted by atomic mass is 35.5. The third-order valence-corrected chi connectivity index (χ3v) is 5.42. The van der Waals surface area contributed by atoms with Gasteiger partial charge in [0, 0.05) is 13.1 Å². The molecule has 0 aromatic heterocycles. The van der Waals surface area contributed by atoms with Crippen LogP contribution in [0.2, 0.25) is 10.0 Å². The third kappa shape index (κ3) is 6.92. The van der Waals surface area contributed by atoms with Crippen LogP contribution in [0.1, 0.15) is 31.9 Å². The molecule has 162 valence electrons. The molecule has 7 heteroatoms. The van der Waals surface area contributed by atoms with Crippen molar-refractivity contribution in [2.75, 3.05) is 13.7 Å². The van der Waals surface area contributed by atoms with Crippen molar-refractivity contribution < 1.29 is 14.3 Å². The zero-order chi connectivity index (χ0) is 22.3. The monoisotopic (exact) mass is 450 g/mol. The van der Waals surface area contributed by atoms with E-state index in [2.05, 4.69) is 5.32 Å². The van der Waals surface area contributed by atoms with E-state index in [0.717, 1.165) is 11.1 Å². The summed E-state index contributed by atoms with van der Waals surface area (Å²) >= 11 is 12.1. The molecule has 2 rings (SSSR count). The molecule has 2 aromatic rings. The summed E-state index contributed by atoms with van der Waals surface area (Å²) in [5, 5.41) is 3.74. The summed E-state index contributed by atoms with van der Waals surface area (Å²) < 4.78 is 5.28. The first-order valence-electron chi connectivity index (χ1n) is 9.85. The van der Waals surface area contributed by atoms with Crippen LogP contribution in [-0.2, 0) is 22.6 Å². The van der Waals surface area contributed by atoms with E-state index >= 15 is 0 Å². The summed E-state index contributed by atoms with van der Waals surface area (Å²) in [6.07, 6.45) is 0.114. The highest BCUT2D eigenvalue weighted by molar-refractivity contribution is 6.42. The number of halogens is 2. The molecule has 0 aliphatic heterocycles. The number of benzene rings is 2. The molecular weight excluding hydrogens is 423 g/mol. The Morgan fingerprint density at radius 1 is 1.03 bits per heavy atom. The van der Waals surface area contributed by atoms with E-state index in [1.807, 2.05) is 38.1 Å². The van der Waals surface area contributed by atoms with Crippen LogP contribution in [0.4, 0.5) is 0 Å². The lowest BCUT2D eigenvalue weighted by Gasteiger charge is -2.29. The zero-order valence-corrected chi connectivity index (χ0v) is 19.3. The number of nitrogens with zero attached hydrogens (tertiary/aromatic N) is 1. The molecule has 0 unspecified atom stereocenters. The van der Waals surface area contributed by atoms with Crippen LogP contribution in [0.25, 0.3) is 0 Å². The van der Waals surface area contributed by atoms with Crippen molar-refractivity contribution in [2.24, 2.45) is 5.92 Å². The van der Waals surface area contributed by atoms with E-state index in [1.165, 1.54) is 0 Å². The van der Waals surface area contributed by atoms with Crippen LogP contribution in [0, 0.1) is 5.92 Å². The Hall–Kier alpha value is -2.24. The average molecular weight is 451 g/mol. The van der Waals surface area contributed by atoms with E-state index in [4.69, 9.17) is 27.9 Å². The molecule has 0 radical (unpaired) electrons. The molecular formula is C23H28Cl2N2O3. The fraction of sp³-hybridized carbons (Fsp3) is 0.391. The van der Waals surface area contributed by atoms with Gasteiger partial charge in [0.2, 0.25) is 11.8 Å². The van der Waals surface area contributed by atoms with Crippen molar-refractivity contribution in [3.63, 3.8) is 0 Å². The van der Waals surface area contributed by atoms with Gasteiger partial charge in [-0.1, -0.05) is 55.2 Å². The third-order valence-electron chi connectivity index (χ3n) is 4.68. The number of amides is 2. The number of methoxy groups -OCH3 is 1. The SMILES string of the molecule is COc1cccc(CN(C(=O)Cc2ccc(Cl)c(Cl)c2)[C@H](C)C(=O)NCC(C)C)c1. The number of hydrogen-bond donors (Lipinski definition) is 1. The lowest BCUT2D eigenvalue weighted by Crippen LogP contribution is -2.48. The summed E-state index contributed by atoms with van der Waals surface area (Å²) in [7, 11) is 1.59. The van der Waals surface area contributed by atoms with E-state index in [1.54, 1.807) is 37.1 Å². The maximum atomic E-state index is 13.2. The minimum atomic E-state index is -0.634. The summed E-state index contributed by atoms with van der Waals surface area (Å²) in [6, 6.07) is 11.9. The number of carbonyl (C=O) groups is 2. The van der Waals surface area contributed by atoms with Gasteiger partial charge < -0.3 is 15.0 Å². The summed E-state index contributed by atoms with van der Waals surface area (Å²) in [5.41, 5.74) is 1.61. The maximum Gasteiger partial charge on any atom is 0.242 e. The van der Waals surface area contributed by atoms with Gasteiger partial charge in [0.15, 0.2) is 0 Å². The lowest BCUT2D eigenvalue weighted by molar-refractivity contribution is -0.140. The zero-order valence-electron chi connectivity index (χ0n) is 17.7. The summed E-state index contributed by atoms with van der Waals surface area (Å²) in [5.74, 6) is 0.652. The molecule has 0 bridgehead atoms. The predicted octanol–water partition coefficient (Wildman–Crippen LogP) is 4.73. The normalized spacial score (nSPS) is 11.8. The second-order valence-electron chi connectivity index (χ2n) is 7.61. The van der Waals surface area contributed by atoms with Crippen molar-refractivity contribution in [1.82, 2.24) is 10.2 Å². The highest BCUT2D eigenvalue weighted by Crippen LogP contribution is 2.23. The number of ether oxygens (including phenoxy) is 1. The molecule has 0 saturated heterocycles. The quantitative estimate of drug-likeness (QED) is 0.600. The van der Waals surface area contributed by atoms with Crippen LogP contribution in [-0.4, -0.2) is 36.4 Å². The number of nitrogens with one attached hydrogen (secondary N) is 1. The number of hydrogen-bond acceptors (Lipinski definition) is 3. The van der Waals surface area contributed by atoms with Crippen molar-refractivity contribution in [3.8, 4) is 5.75 Å². The van der Waals surface area contributed by atoms with Gasteiger partial charge in [-0.3, -0.25) is 9.59 Å². The smallest absolute Gasteiger partial charge is 0.242 e. The first-order chi connectivity index (χ1) is 14.2. The molecule has 5 nitrogen and oxygen atoms in total. The van der Waals surface area contributed by atoms with Gasteiger partial charge in [-0.05, 0) is 48.2 Å². The minimum Gasteiger partial charge on any atom is -0.497 e. The van der Waals surface area contributed by atoms with E-state index < -0.39 is 6.04 Å². The van der Waals surface area contributed by atoms with Crippen LogP contribution >= 0.6 is 23.2 Å². The first kappa shape index (κ1) is 24.0. The molecule has 0 fully saturated rings. The maximum absolute atomic E-state index is 13.2. The molecule has 2 amide bonds. The molecule has 0 heterocycles. The van der Waals surface area contributed by atoms with Crippen molar-refractivity contribution >= 4 is 35.0 Å². The Kier molecular flexibility index (Phi) is 9.00. The fourth-order valence-electron chi connectivity index (χ4n) is 2.93. The molecule has 0 aliphatic carbocycles. The van der Waals surface area contributed by atoms with Gasteiger partial charge in [0.1, 0.15) is 11.8 Å².